The zero-order valence-corrected chi connectivity index (χ0v) is 8.86. The summed E-state index contributed by atoms with van der Waals surface area (Å²) in [7, 11) is 3.90. The molecule has 0 bridgehead atoms. The van der Waals surface area contributed by atoms with Crippen LogP contribution in [0.25, 0.3) is 10.8 Å². The summed E-state index contributed by atoms with van der Waals surface area (Å²) in [5.74, 6) is 0. The molecule has 0 N–H and O–H groups in total. The van der Waals surface area contributed by atoms with E-state index in [0.29, 0.717) is 0 Å². The Labute approximate surface area is 89.4 Å². The number of rotatable bonds is 1. The molecule has 2 rings (SSSR count). The molecular formula is C13H12N2. The van der Waals surface area contributed by atoms with Crippen LogP contribution in [-0.4, -0.2) is 14.1 Å². The Morgan fingerprint density at radius 2 is 1.80 bits per heavy atom. The maximum Gasteiger partial charge on any atom is 0.102 e. The molecule has 0 atom stereocenters. The van der Waals surface area contributed by atoms with Crippen LogP contribution in [0.2, 0.25) is 0 Å². The first-order valence-corrected chi connectivity index (χ1v) is 4.83. The summed E-state index contributed by atoms with van der Waals surface area (Å²) in [6.07, 6.45) is 0. The third kappa shape index (κ3) is 1.53. The summed E-state index contributed by atoms with van der Waals surface area (Å²) in [6, 6.07) is 14.3. The van der Waals surface area contributed by atoms with E-state index < -0.39 is 0 Å². The minimum Gasteiger partial charge on any atom is -0.377 e. The van der Waals surface area contributed by atoms with Crippen molar-refractivity contribution in [1.29, 1.82) is 5.26 Å². The minimum absolute atomic E-state index is 0.748. The molecular weight excluding hydrogens is 184 g/mol. The molecule has 74 valence electrons. The fourth-order valence-corrected chi connectivity index (χ4v) is 1.75. The fraction of sp³-hybridized carbons (Fsp3) is 0.154. The van der Waals surface area contributed by atoms with Crippen LogP contribution in [-0.2, 0) is 0 Å². The van der Waals surface area contributed by atoms with Gasteiger partial charge in [-0.3, -0.25) is 0 Å². The molecule has 0 fully saturated rings. The Kier molecular flexibility index (Phi) is 2.31. The van der Waals surface area contributed by atoms with Crippen molar-refractivity contribution in [2.24, 2.45) is 0 Å². The van der Waals surface area contributed by atoms with E-state index >= 15 is 0 Å². The number of hydrogen-bond acceptors (Lipinski definition) is 2. The van der Waals surface area contributed by atoms with Gasteiger partial charge in [-0.2, -0.15) is 5.26 Å². The van der Waals surface area contributed by atoms with Crippen molar-refractivity contribution < 1.29 is 0 Å². The van der Waals surface area contributed by atoms with Crippen molar-refractivity contribution in [3.8, 4) is 6.07 Å². The summed E-state index contributed by atoms with van der Waals surface area (Å²) in [5.41, 5.74) is 1.72. The number of fused-ring (bicyclic) bond motifs is 1. The minimum atomic E-state index is 0.748. The van der Waals surface area contributed by atoms with Crippen LogP contribution in [0, 0.1) is 11.3 Å². The number of nitriles is 1. The molecule has 0 aliphatic heterocycles. The van der Waals surface area contributed by atoms with E-state index in [4.69, 9.17) is 0 Å². The highest BCUT2D eigenvalue weighted by Gasteiger charge is 2.07. The topological polar surface area (TPSA) is 27.0 Å². The molecule has 0 aliphatic carbocycles. The molecule has 0 aliphatic rings. The van der Waals surface area contributed by atoms with Crippen LogP contribution < -0.4 is 4.90 Å². The maximum absolute atomic E-state index is 9.19. The van der Waals surface area contributed by atoms with Gasteiger partial charge >= 0.3 is 0 Å². The van der Waals surface area contributed by atoms with Gasteiger partial charge in [-0.15, -0.1) is 0 Å². The highest BCUT2D eigenvalue weighted by molar-refractivity contribution is 5.92. The van der Waals surface area contributed by atoms with E-state index in [1.807, 2.05) is 55.4 Å². The normalized spacial score (nSPS) is 9.93. The molecule has 0 unspecified atom stereocenters. The molecule has 2 aromatic carbocycles. The van der Waals surface area contributed by atoms with E-state index in [2.05, 4.69) is 6.07 Å². The highest BCUT2D eigenvalue weighted by Crippen LogP contribution is 2.26. The van der Waals surface area contributed by atoms with Gasteiger partial charge in [-0.25, -0.2) is 0 Å². The van der Waals surface area contributed by atoms with Crippen LogP contribution in [0.15, 0.2) is 36.4 Å². The second-order valence-corrected chi connectivity index (χ2v) is 3.69. The molecule has 2 heteroatoms. The summed E-state index contributed by atoms with van der Waals surface area (Å²) >= 11 is 0. The zero-order valence-electron chi connectivity index (χ0n) is 8.86. The van der Waals surface area contributed by atoms with Crippen molar-refractivity contribution >= 4 is 16.5 Å². The summed E-state index contributed by atoms with van der Waals surface area (Å²) in [4.78, 5) is 1.96. The standard InChI is InChI=1S/C13H12N2/c1-15(2)13-8-7-10-5-3-4-6-11(10)12(13)9-14/h3-8H,1-2H3. The lowest BCUT2D eigenvalue weighted by Gasteiger charge is -2.15. The Morgan fingerprint density at radius 1 is 1.07 bits per heavy atom. The van der Waals surface area contributed by atoms with Gasteiger partial charge in [-0.1, -0.05) is 30.3 Å². The first-order chi connectivity index (χ1) is 7.24. The number of hydrogen-bond donors (Lipinski definition) is 0. The largest absolute Gasteiger partial charge is 0.377 e. The second kappa shape index (κ2) is 3.62. The van der Waals surface area contributed by atoms with Crippen LogP contribution in [0.3, 0.4) is 0 Å². The van der Waals surface area contributed by atoms with Crippen LogP contribution >= 0.6 is 0 Å². The molecule has 0 spiro atoms. The Bertz CT molecular complexity index is 536. The number of benzene rings is 2. The average molecular weight is 196 g/mol. The highest BCUT2D eigenvalue weighted by atomic mass is 15.1. The zero-order chi connectivity index (χ0) is 10.8. The summed E-state index contributed by atoms with van der Waals surface area (Å²) < 4.78 is 0. The van der Waals surface area contributed by atoms with Gasteiger partial charge < -0.3 is 4.90 Å². The van der Waals surface area contributed by atoms with Gasteiger partial charge in [0.05, 0.1) is 11.3 Å². The monoisotopic (exact) mass is 196 g/mol. The molecule has 2 nitrogen and oxygen atoms in total. The van der Waals surface area contributed by atoms with E-state index in [9.17, 15) is 5.26 Å². The van der Waals surface area contributed by atoms with Crippen LogP contribution in [0.1, 0.15) is 5.56 Å². The van der Waals surface area contributed by atoms with Crippen LogP contribution in [0.4, 0.5) is 5.69 Å². The quantitative estimate of drug-likeness (QED) is 0.701. The number of anilines is 1. The molecule has 0 heterocycles. The molecule has 2 aromatic rings. The molecule has 0 amide bonds. The lowest BCUT2D eigenvalue weighted by atomic mass is 10.0. The van der Waals surface area contributed by atoms with Gasteiger partial charge in [0.15, 0.2) is 0 Å². The molecule has 0 saturated carbocycles. The second-order valence-electron chi connectivity index (χ2n) is 3.69. The van der Waals surface area contributed by atoms with Crippen molar-refractivity contribution in [3.63, 3.8) is 0 Å². The van der Waals surface area contributed by atoms with Crippen molar-refractivity contribution in [2.75, 3.05) is 19.0 Å². The van der Waals surface area contributed by atoms with E-state index in [-0.39, 0.29) is 0 Å². The third-order valence-electron chi connectivity index (χ3n) is 2.50. The number of nitrogens with zero attached hydrogens (tertiary/aromatic N) is 2. The first-order valence-electron chi connectivity index (χ1n) is 4.83. The molecule has 0 radical (unpaired) electrons. The lowest BCUT2D eigenvalue weighted by molar-refractivity contribution is 1.13. The van der Waals surface area contributed by atoms with Gasteiger partial charge in [0.25, 0.3) is 0 Å². The third-order valence-corrected chi connectivity index (χ3v) is 2.50. The Hall–Kier alpha value is -2.01. The summed E-state index contributed by atoms with van der Waals surface area (Å²) in [5, 5.41) is 11.3. The van der Waals surface area contributed by atoms with Gasteiger partial charge in [0, 0.05) is 19.5 Å². The van der Waals surface area contributed by atoms with Crippen molar-refractivity contribution in [3.05, 3.63) is 42.0 Å². The molecule has 0 saturated heterocycles. The van der Waals surface area contributed by atoms with E-state index in [0.717, 1.165) is 22.0 Å². The Morgan fingerprint density at radius 3 is 2.47 bits per heavy atom. The Balaban J connectivity index is 2.83. The predicted molar refractivity (Wildman–Crippen MR) is 63.0 cm³/mol. The van der Waals surface area contributed by atoms with Crippen molar-refractivity contribution in [2.45, 2.75) is 0 Å². The predicted octanol–water partition coefficient (Wildman–Crippen LogP) is 2.78. The molecule has 15 heavy (non-hydrogen) atoms. The first kappa shape index (κ1) is 9.54. The average Bonchev–Trinajstić information content (AvgIpc) is 2.27. The van der Waals surface area contributed by atoms with E-state index in [1.165, 1.54) is 0 Å². The van der Waals surface area contributed by atoms with Gasteiger partial charge in [0.2, 0.25) is 0 Å². The van der Waals surface area contributed by atoms with Crippen LogP contribution in [0.5, 0.6) is 0 Å². The smallest absolute Gasteiger partial charge is 0.102 e. The summed E-state index contributed by atoms with van der Waals surface area (Å²) in [6.45, 7) is 0. The fourth-order valence-electron chi connectivity index (χ4n) is 1.75. The van der Waals surface area contributed by atoms with Crippen molar-refractivity contribution in [1.82, 2.24) is 0 Å². The van der Waals surface area contributed by atoms with Gasteiger partial charge in [-0.05, 0) is 11.5 Å². The van der Waals surface area contributed by atoms with E-state index in [1.54, 1.807) is 0 Å². The van der Waals surface area contributed by atoms with Gasteiger partial charge in [0.1, 0.15) is 6.07 Å². The maximum atomic E-state index is 9.19. The molecule has 0 aromatic heterocycles. The SMILES string of the molecule is CN(C)c1ccc2ccccc2c1C#N. The lowest BCUT2D eigenvalue weighted by Crippen LogP contribution is -2.10.